The Morgan fingerprint density at radius 3 is 2.38 bits per heavy atom. The van der Waals surface area contributed by atoms with Crippen LogP contribution in [0.1, 0.15) is 22.5 Å². The van der Waals surface area contributed by atoms with E-state index < -0.39 is 15.7 Å². The van der Waals surface area contributed by atoms with Crippen molar-refractivity contribution in [3.05, 3.63) is 80.4 Å². The Labute approximate surface area is 173 Å². The molecule has 0 atom stereocenters. The van der Waals surface area contributed by atoms with E-state index in [0.29, 0.717) is 11.3 Å². The molecule has 0 radical (unpaired) electrons. The zero-order chi connectivity index (χ0) is 21.3. The van der Waals surface area contributed by atoms with Gasteiger partial charge in [0.15, 0.2) is 0 Å². The van der Waals surface area contributed by atoms with Gasteiger partial charge in [0, 0.05) is 11.8 Å². The predicted molar refractivity (Wildman–Crippen MR) is 111 cm³/mol. The summed E-state index contributed by atoms with van der Waals surface area (Å²) in [6.07, 6.45) is 1.08. The second kappa shape index (κ2) is 7.81. The van der Waals surface area contributed by atoms with Crippen molar-refractivity contribution in [3.8, 4) is 11.6 Å². The average Bonchev–Trinajstić information content (AvgIpc) is 2.67. The fraction of sp³-hybridized carbons (Fsp3) is 0.150. The highest BCUT2D eigenvalue weighted by Gasteiger charge is 2.22. The van der Waals surface area contributed by atoms with Gasteiger partial charge in [-0.3, -0.25) is 9.36 Å². The third kappa shape index (κ3) is 3.94. The van der Waals surface area contributed by atoms with Gasteiger partial charge in [-0.05, 0) is 39.0 Å². The van der Waals surface area contributed by atoms with Crippen molar-refractivity contribution < 1.29 is 12.6 Å². The molecule has 0 aliphatic carbocycles. The summed E-state index contributed by atoms with van der Waals surface area (Å²) in [6.45, 7) is 4.81. The molecule has 29 heavy (non-hydrogen) atoms. The molecule has 0 bridgehead atoms. The molecule has 7 nitrogen and oxygen atoms in total. The van der Waals surface area contributed by atoms with E-state index in [-0.39, 0.29) is 27.2 Å². The lowest BCUT2D eigenvalue weighted by atomic mass is 10.2. The van der Waals surface area contributed by atoms with E-state index in [4.69, 9.17) is 21.2 Å². The molecule has 150 valence electrons. The number of hydrogen-bond donors (Lipinski definition) is 1. The van der Waals surface area contributed by atoms with Gasteiger partial charge in [-0.1, -0.05) is 41.4 Å². The Balaban J connectivity index is 2.10. The summed E-state index contributed by atoms with van der Waals surface area (Å²) in [5, 5.41) is 7.64. The number of rotatable bonds is 5. The second-order valence-electron chi connectivity index (χ2n) is 6.40. The van der Waals surface area contributed by atoms with E-state index in [1.165, 1.54) is 23.6 Å². The minimum Gasteiger partial charge on any atom is -0.358 e. The third-order valence-electron chi connectivity index (χ3n) is 4.33. The van der Waals surface area contributed by atoms with E-state index in [2.05, 4.69) is 4.98 Å². The maximum absolute atomic E-state index is 13.0. The monoisotopic (exact) mass is 431 g/mol. The predicted octanol–water partition coefficient (Wildman–Crippen LogP) is 3.58. The molecule has 1 aromatic heterocycles. The maximum Gasteiger partial charge on any atom is 0.340 e. The first-order valence-corrected chi connectivity index (χ1v) is 10.3. The quantitative estimate of drug-likeness (QED) is 0.491. The van der Waals surface area contributed by atoms with Gasteiger partial charge in [-0.15, -0.1) is 0 Å². The van der Waals surface area contributed by atoms with Crippen LogP contribution in [-0.2, 0) is 10.1 Å². The van der Waals surface area contributed by atoms with Crippen LogP contribution in [0.2, 0.25) is 5.02 Å². The molecule has 0 aliphatic rings. The van der Waals surface area contributed by atoms with Crippen LogP contribution in [0, 0.1) is 26.2 Å². The number of aryl methyl sites for hydroxylation is 2. The molecular formula is C20H18ClN3O4S. The Bertz CT molecular complexity index is 1270. The van der Waals surface area contributed by atoms with E-state index in [0.717, 1.165) is 11.8 Å². The number of nitrogens with one attached hydrogen (secondary N) is 1. The molecule has 0 fully saturated rings. The topological polar surface area (TPSA) is 102 Å². The van der Waals surface area contributed by atoms with Crippen LogP contribution in [0.15, 0.2) is 52.2 Å². The fourth-order valence-corrected chi connectivity index (χ4v) is 3.93. The highest BCUT2D eigenvalue weighted by molar-refractivity contribution is 7.87. The molecule has 0 unspecified atom stereocenters. The van der Waals surface area contributed by atoms with Gasteiger partial charge in [0.1, 0.15) is 10.7 Å². The molecule has 2 aromatic carbocycles. The smallest absolute Gasteiger partial charge is 0.340 e. The molecule has 1 N–H and O–H groups in total. The molecule has 3 rings (SSSR count). The number of nitrogens with zero attached hydrogens (tertiary/aromatic N) is 2. The SMILES string of the molecule is Cc1ccc(S(=O)(=O)Oc2nc(C)n(-c3cccc(C=N)c3Cl)c(=O)c2C)cc1. The van der Waals surface area contributed by atoms with Gasteiger partial charge in [0.05, 0.1) is 16.3 Å². The summed E-state index contributed by atoms with van der Waals surface area (Å²) in [5.41, 5.74) is 1.19. The lowest BCUT2D eigenvalue weighted by Crippen LogP contribution is -2.26. The van der Waals surface area contributed by atoms with Crippen molar-refractivity contribution in [2.75, 3.05) is 0 Å². The first-order chi connectivity index (χ1) is 13.7. The van der Waals surface area contributed by atoms with Gasteiger partial charge in [-0.2, -0.15) is 13.4 Å². The van der Waals surface area contributed by atoms with Gasteiger partial charge < -0.3 is 9.59 Å². The molecular weight excluding hydrogens is 414 g/mol. The van der Waals surface area contributed by atoms with Crippen molar-refractivity contribution >= 4 is 27.9 Å². The van der Waals surface area contributed by atoms with Gasteiger partial charge in [-0.25, -0.2) is 0 Å². The highest BCUT2D eigenvalue weighted by Crippen LogP contribution is 2.25. The Kier molecular flexibility index (Phi) is 5.59. The maximum atomic E-state index is 13.0. The van der Waals surface area contributed by atoms with Crippen LogP contribution >= 0.6 is 11.6 Å². The first kappa shape index (κ1) is 20.8. The van der Waals surface area contributed by atoms with Gasteiger partial charge in [0.2, 0.25) is 5.88 Å². The summed E-state index contributed by atoms with van der Waals surface area (Å²) < 4.78 is 31.6. The van der Waals surface area contributed by atoms with Crippen molar-refractivity contribution in [3.63, 3.8) is 0 Å². The van der Waals surface area contributed by atoms with Crippen LogP contribution in [0.5, 0.6) is 5.88 Å². The van der Waals surface area contributed by atoms with Crippen LogP contribution < -0.4 is 9.74 Å². The van der Waals surface area contributed by atoms with Crippen LogP contribution in [-0.4, -0.2) is 24.2 Å². The van der Waals surface area contributed by atoms with E-state index >= 15 is 0 Å². The summed E-state index contributed by atoms with van der Waals surface area (Å²) in [6, 6.07) is 11.1. The minimum absolute atomic E-state index is 0.0163. The summed E-state index contributed by atoms with van der Waals surface area (Å²) in [4.78, 5) is 17.1. The molecule has 0 spiro atoms. The van der Waals surface area contributed by atoms with E-state index in [1.54, 1.807) is 37.3 Å². The second-order valence-corrected chi connectivity index (χ2v) is 8.33. The molecule has 0 aliphatic heterocycles. The normalized spacial score (nSPS) is 11.3. The largest absolute Gasteiger partial charge is 0.358 e. The lowest BCUT2D eigenvalue weighted by Gasteiger charge is -2.15. The summed E-state index contributed by atoms with van der Waals surface area (Å²) >= 11 is 6.31. The molecule has 0 saturated carbocycles. The van der Waals surface area contributed by atoms with Gasteiger partial charge >= 0.3 is 10.1 Å². The average molecular weight is 432 g/mol. The van der Waals surface area contributed by atoms with Crippen molar-refractivity contribution in [2.24, 2.45) is 0 Å². The number of aromatic nitrogens is 2. The van der Waals surface area contributed by atoms with E-state index in [9.17, 15) is 13.2 Å². The number of halogens is 1. The third-order valence-corrected chi connectivity index (χ3v) is 5.97. The molecule has 3 aromatic rings. The fourth-order valence-electron chi connectivity index (χ4n) is 2.73. The molecule has 9 heteroatoms. The first-order valence-electron chi connectivity index (χ1n) is 8.56. The zero-order valence-electron chi connectivity index (χ0n) is 15.9. The molecule has 0 amide bonds. The molecule has 0 saturated heterocycles. The standard InChI is InChI=1S/C20H18ClN3O4S/c1-12-7-9-16(10-8-12)29(26,27)28-19-13(2)20(25)24(14(3)23-19)17-6-4-5-15(11-22)18(17)21/h4-11,22H,1-3H3. The van der Waals surface area contributed by atoms with Crippen LogP contribution in [0.3, 0.4) is 0 Å². The van der Waals surface area contributed by atoms with Crippen LogP contribution in [0.4, 0.5) is 0 Å². The number of hydrogen-bond acceptors (Lipinski definition) is 6. The number of benzene rings is 2. The van der Waals surface area contributed by atoms with E-state index in [1.807, 2.05) is 6.92 Å². The summed E-state index contributed by atoms with van der Waals surface area (Å²) in [7, 11) is -4.15. The Morgan fingerprint density at radius 2 is 1.76 bits per heavy atom. The zero-order valence-corrected chi connectivity index (χ0v) is 17.5. The van der Waals surface area contributed by atoms with Crippen LogP contribution in [0.25, 0.3) is 5.69 Å². The van der Waals surface area contributed by atoms with Crippen molar-refractivity contribution in [1.29, 1.82) is 5.41 Å². The van der Waals surface area contributed by atoms with Crippen molar-refractivity contribution in [2.45, 2.75) is 25.7 Å². The lowest BCUT2D eigenvalue weighted by molar-refractivity contribution is 0.469. The minimum atomic E-state index is -4.15. The van der Waals surface area contributed by atoms with Gasteiger partial charge in [0.25, 0.3) is 5.56 Å². The highest BCUT2D eigenvalue weighted by atomic mass is 35.5. The Morgan fingerprint density at radius 1 is 1.10 bits per heavy atom. The molecule has 1 heterocycles. The Hall–Kier alpha value is -2.97. The summed E-state index contributed by atoms with van der Waals surface area (Å²) in [5.74, 6) is -0.0950. The van der Waals surface area contributed by atoms with Crippen molar-refractivity contribution in [1.82, 2.24) is 9.55 Å².